The topological polar surface area (TPSA) is 51.3 Å². The molecule has 0 spiro atoms. The molecule has 2 heterocycles. The van der Waals surface area contributed by atoms with Gasteiger partial charge >= 0.3 is 7.12 Å². The van der Waals surface area contributed by atoms with Crippen LogP contribution >= 0.6 is 0 Å². The van der Waals surface area contributed by atoms with Crippen molar-refractivity contribution in [1.29, 1.82) is 0 Å². The third kappa shape index (κ3) is 2.04. The Morgan fingerprint density at radius 1 is 1.22 bits per heavy atom. The number of aromatic amines is 1. The van der Waals surface area contributed by atoms with Crippen LogP contribution in [0.15, 0.2) is 23.5 Å². The number of pyridine rings is 1. The van der Waals surface area contributed by atoms with Crippen LogP contribution < -0.4 is 11.0 Å². The van der Waals surface area contributed by atoms with Crippen molar-refractivity contribution in [1.82, 2.24) is 4.98 Å². The molecule has 1 aromatic rings. The third-order valence-electron chi connectivity index (χ3n) is 3.69. The Bertz CT molecular complexity index is 517. The normalized spacial score (nSPS) is 21.0. The lowest BCUT2D eigenvalue weighted by molar-refractivity contribution is 0.00578. The molecule has 1 fully saturated rings. The number of rotatable bonds is 2. The Kier molecular flexibility index (Phi) is 2.99. The molecular formula is C13H18BNO3. The van der Waals surface area contributed by atoms with Gasteiger partial charge in [0, 0.05) is 11.2 Å². The number of hydrogen-bond acceptors (Lipinski definition) is 3. The smallest absolute Gasteiger partial charge is 0.399 e. The summed E-state index contributed by atoms with van der Waals surface area (Å²) in [6.07, 6.45) is 1.59. The number of hydrogen-bond donors (Lipinski definition) is 1. The summed E-state index contributed by atoms with van der Waals surface area (Å²) in [6, 6.07) is 3.51. The SMILES string of the molecule is C=Cc1ccc(B2OC(C)(C)C(C)(C)O2)c(=O)[nH]1. The highest BCUT2D eigenvalue weighted by Crippen LogP contribution is 2.36. The summed E-state index contributed by atoms with van der Waals surface area (Å²) in [7, 11) is -0.627. The van der Waals surface area contributed by atoms with Gasteiger partial charge in [0.05, 0.1) is 11.2 Å². The lowest BCUT2D eigenvalue weighted by Crippen LogP contribution is -2.44. The molecule has 1 aromatic heterocycles. The quantitative estimate of drug-likeness (QED) is 0.802. The Morgan fingerprint density at radius 3 is 2.22 bits per heavy atom. The van der Waals surface area contributed by atoms with Gasteiger partial charge in [0.1, 0.15) is 0 Å². The van der Waals surface area contributed by atoms with Gasteiger partial charge in [-0.3, -0.25) is 4.79 Å². The molecule has 4 nitrogen and oxygen atoms in total. The first-order valence-electron chi connectivity index (χ1n) is 5.98. The van der Waals surface area contributed by atoms with Crippen molar-refractivity contribution in [2.75, 3.05) is 0 Å². The Morgan fingerprint density at radius 2 is 1.78 bits per heavy atom. The fraction of sp³-hybridized carbons (Fsp3) is 0.462. The van der Waals surface area contributed by atoms with E-state index in [4.69, 9.17) is 9.31 Å². The molecule has 0 amide bonds. The molecule has 2 rings (SSSR count). The maximum Gasteiger partial charge on any atom is 0.500 e. The van der Waals surface area contributed by atoms with Crippen molar-refractivity contribution < 1.29 is 9.31 Å². The standard InChI is InChI=1S/C13H18BNO3/c1-6-9-7-8-10(11(16)15-9)14-17-12(2,3)13(4,5)18-14/h6-8H,1H2,2-5H3,(H,15,16). The second kappa shape index (κ2) is 4.11. The molecular weight excluding hydrogens is 229 g/mol. The monoisotopic (exact) mass is 247 g/mol. The zero-order valence-corrected chi connectivity index (χ0v) is 11.2. The first-order valence-corrected chi connectivity index (χ1v) is 5.98. The Hall–Kier alpha value is -1.33. The highest BCUT2D eigenvalue weighted by molar-refractivity contribution is 6.61. The molecule has 1 N–H and O–H groups in total. The van der Waals surface area contributed by atoms with Crippen molar-refractivity contribution in [3.63, 3.8) is 0 Å². The predicted octanol–water partition coefficient (Wildman–Crippen LogP) is 1.32. The van der Waals surface area contributed by atoms with Crippen LogP contribution in [-0.2, 0) is 9.31 Å². The van der Waals surface area contributed by atoms with Gasteiger partial charge in [-0.05, 0) is 39.8 Å². The minimum atomic E-state index is -0.627. The van der Waals surface area contributed by atoms with Gasteiger partial charge < -0.3 is 14.3 Å². The lowest BCUT2D eigenvalue weighted by atomic mass is 9.80. The highest BCUT2D eigenvalue weighted by atomic mass is 16.7. The zero-order chi connectivity index (χ0) is 13.6. The maximum absolute atomic E-state index is 11.9. The van der Waals surface area contributed by atoms with Gasteiger partial charge in [0.25, 0.3) is 0 Å². The lowest BCUT2D eigenvalue weighted by Gasteiger charge is -2.32. The summed E-state index contributed by atoms with van der Waals surface area (Å²) < 4.78 is 11.7. The molecule has 5 heteroatoms. The number of nitrogens with one attached hydrogen (secondary N) is 1. The minimum absolute atomic E-state index is 0.203. The second-order valence-electron chi connectivity index (χ2n) is 5.49. The van der Waals surface area contributed by atoms with Crippen molar-refractivity contribution in [2.45, 2.75) is 38.9 Å². The fourth-order valence-corrected chi connectivity index (χ4v) is 1.77. The van der Waals surface area contributed by atoms with E-state index < -0.39 is 18.3 Å². The van der Waals surface area contributed by atoms with Crippen molar-refractivity contribution in [3.8, 4) is 0 Å². The Balaban J connectivity index is 2.36. The molecule has 1 aliphatic heterocycles. The summed E-state index contributed by atoms with van der Waals surface area (Å²) in [5.74, 6) is 0. The molecule has 0 atom stereocenters. The Labute approximate surface area is 107 Å². The summed E-state index contributed by atoms with van der Waals surface area (Å²) in [5, 5.41) is 0. The van der Waals surface area contributed by atoms with Crippen molar-refractivity contribution in [2.24, 2.45) is 0 Å². The molecule has 0 radical (unpaired) electrons. The van der Waals surface area contributed by atoms with Crippen LogP contribution in [0.4, 0.5) is 0 Å². The third-order valence-corrected chi connectivity index (χ3v) is 3.69. The summed E-state index contributed by atoms with van der Waals surface area (Å²) >= 11 is 0. The van der Waals surface area contributed by atoms with E-state index in [9.17, 15) is 4.79 Å². The van der Waals surface area contributed by atoms with Crippen LogP contribution in [0.5, 0.6) is 0 Å². The average molecular weight is 247 g/mol. The molecule has 0 bridgehead atoms. The van der Waals surface area contributed by atoms with Gasteiger partial charge in [0.15, 0.2) is 0 Å². The van der Waals surface area contributed by atoms with Gasteiger partial charge in [-0.15, -0.1) is 0 Å². The van der Waals surface area contributed by atoms with Crippen LogP contribution in [0.2, 0.25) is 0 Å². The van der Waals surface area contributed by atoms with E-state index in [0.29, 0.717) is 11.2 Å². The maximum atomic E-state index is 11.9. The minimum Gasteiger partial charge on any atom is -0.399 e. The number of H-pyrrole nitrogens is 1. The van der Waals surface area contributed by atoms with E-state index in [-0.39, 0.29) is 5.56 Å². The van der Waals surface area contributed by atoms with Crippen LogP contribution in [0.1, 0.15) is 33.4 Å². The zero-order valence-electron chi connectivity index (χ0n) is 11.2. The molecule has 18 heavy (non-hydrogen) atoms. The van der Waals surface area contributed by atoms with Crippen molar-refractivity contribution in [3.05, 3.63) is 34.8 Å². The first-order chi connectivity index (χ1) is 8.27. The highest BCUT2D eigenvalue weighted by Gasteiger charge is 2.52. The molecule has 0 aliphatic carbocycles. The number of aromatic nitrogens is 1. The second-order valence-corrected chi connectivity index (χ2v) is 5.49. The van der Waals surface area contributed by atoms with E-state index >= 15 is 0 Å². The fourth-order valence-electron chi connectivity index (χ4n) is 1.77. The average Bonchev–Trinajstić information content (AvgIpc) is 2.47. The van der Waals surface area contributed by atoms with Gasteiger partial charge in [0.2, 0.25) is 5.56 Å². The molecule has 1 aliphatic rings. The van der Waals surface area contributed by atoms with Gasteiger partial charge in [-0.2, -0.15) is 0 Å². The van der Waals surface area contributed by atoms with E-state index in [0.717, 1.165) is 0 Å². The summed E-state index contributed by atoms with van der Waals surface area (Å²) in [4.78, 5) is 14.7. The van der Waals surface area contributed by atoms with E-state index in [1.807, 2.05) is 27.7 Å². The van der Waals surface area contributed by atoms with Crippen molar-refractivity contribution >= 4 is 18.7 Å². The molecule has 0 unspecified atom stereocenters. The molecule has 1 saturated heterocycles. The van der Waals surface area contributed by atoms with Crippen LogP contribution in [-0.4, -0.2) is 23.3 Å². The van der Waals surface area contributed by atoms with Crippen LogP contribution in [0.25, 0.3) is 6.08 Å². The van der Waals surface area contributed by atoms with E-state index in [2.05, 4.69) is 11.6 Å². The van der Waals surface area contributed by atoms with Crippen LogP contribution in [0, 0.1) is 0 Å². The molecule has 0 saturated carbocycles. The molecule has 0 aromatic carbocycles. The predicted molar refractivity (Wildman–Crippen MR) is 72.9 cm³/mol. The molecule has 96 valence electrons. The van der Waals surface area contributed by atoms with E-state index in [1.165, 1.54) is 0 Å². The summed E-state index contributed by atoms with van der Waals surface area (Å²) in [6.45, 7) is 11.4. The summed E-state index contributed by atoms with van der Waals surface area (Å²) in [5.41, 5.74) is 0.0769. The largest absolute Gasteiger partial charge is 0.500 e. The van der Waals surface area contributed by atoms with Gasteiger partial charge in [-0.25, -0.2) is 0 Å². The van der Waals surface area contributed by atoms with Crippen LogP contribution in [0.3, 0.4) is 0 Å². The first kappa shape index (κ1) is 13.1. The van der Waals surface area contributed by atoms with E-state index in [1.54, 1.807) is 18.2 Å². The van der Waals surface area contributed by atoms with Gasteiger partial charge in [-0.1, -0.05) is 12.6 Å².